The van der Waals surface area contributed by atoms with E-state index < -0.39 is 41.1 Å². The van der Waals surface area contributed by atoms with Gasteiger partial charge in [-0.1, -0.05) is 0 Å². The van der Waals surface area contributed by atoms with Crippen molar-refractivity contribution in [3.05, 3.63) is 91.0 Å². The fourth-order valence-electron chi connectivity index (χ4n) is 5.08. The fourth-order valence-corrected chi connectivity index (χ4v) is 14.3. The third kappa shape index (κ3) is 11.0. The Labute approximate surface area is 302 Å². The fraction of sp³-hybridized carbons (Fsp3) is 0.324. The molecule has 49 heavy (non-hydrogen) atoms. The van der Waals surface area contributed by atoms with Crippen LogP contribution in [0.4, 0.5) is 0 Å². The first-order valence-electron chi connectivity index (χ1n) is 15.4. The van der Waals surface area contributed by atoms with E-state index in [1.807, 2.05) is 54.6 Å². The Morgan fingerprint density at radius 2 is 1.31 bits per heavy atom. The molecule has 0 saturated heterocycles. The van der Waals surface area contributed by atoms with Crippen LogP contribution in [-0.4, -0.2) is 86.7 Å². The number of carbonyl (C=O) groups excluding carboxylic acids is 5. The van der Waals surface area contributed by atoms with E-state index in [2.05, 4.69) is 77.3 Å². The molecule has 0 fully saturated rings. The zero-order chi connectivity index (χ0) is 35.7. The number of amides is 3. The molecule has 11 nitrogen and oxygen atoms in total. The second kappa shape index (κ2) is 19.7. The van der Waals surface area contributed by atoms with Crippen molar-refractivity contribution in [2.45, 2.75) is 24.9 Å². The Bertz CT molecular complexity index is 1460. The molecular weight excluding hydrogens is 751 g/mol. The van der Waals surface area contributed by atoms with Gasteiger partial charge in [0.2, 0.25) is 0 Å². The standard InChI is InChI=1S/C34H42BrN4O7PS2/c1-45-32(42)22-38-33(43)29(39-30(40)19-18-28(36)34(44)46-2)23-48-49-24-31(41)37-20-21-47(35,25-12-6-3-7-13-25,26-14-8-4-9-15-26)27-16-10-5-11-17-27/h3-17,28-29H,18-24,36H2,1-2H3,(H,37,41)(H,38,43)(H,39,40)/t28-,29-/m0/s1. The molecule has 3 aromatic rings. The summed E-state index contributed by atoms with van der Waals surface area (Å²) in [6.45, 7) is 0.0247. The van der Waals surface area contributed by atoms with E-state index in [1.54, 1.807) is 0 Å². The third-order valence-electron chi connectivity index (χ3n) is 7.72. The van der Waals surface area contributed by atoms with E-state index >= 15 is 0 Å². The third-order valence-corrected chi connectivity index (χ3v) is 19.9. The minimum absolute atomic E-state index is 0.0225. The molecule has 0 unspecified atom stereocenters. The molecule has 3 amide bonds. The Morgan fingerprint density at radius 1 is 0.776 bits per heavy atom. The molecule has 0 aliphatic heterocycles. The Kier molecular flexibility index (Phi) is 16.1. The van der Waals surface area contributed by atoms with Crippen molar-refractivity contribution in [2.75, 3.05) is 45.0 Å². The quantitative estimate of drug-likeness (QED) is 0.0613. The summed E-state index contributed by atoms with van der Waals surface area (Å²) >= 11 is 4.38. The van der Waals surface area contributed by atoms with Gasteiger partial charge in [-0.25, -0.2) is 0 Å². The molecule has 0 spiro atoms. The van der Waals surface area contributed by atoms with E-state index in [0.29, 0.717) is 12.7 Å². The molecule has 5 N–H and O–H groups in total. The van der Waals surface area contributed by atoms with Crippen molar-refractivity contribution >= 4 is 88.0 Å². The van der Waals surface area contributed by atoms with Crippen LogP contribution in [0.3, 0.4) is 0 Å². The van der Waals surface area contributed by atoms with Gasteiger partial charge in [-0.3, -0.25) is 9.59 Å². The van der Waals surface area contributed by atoms with Crippen molar-refractivity contribution in [3.8, 4) is 0 Å². The molecule has 0 aliphatic rings. The molecule has 0 radical (unpaired) electrons. The topological polar surface area (TPSA) is 166 Å². The van der Waals surface area contributed by atoms with Crippen molar-refractivity contribution in [1.29, 1.82) is 0 Å². The van der Waals surface area contributed by atoms with Gasteiger partial charge in [-0.05, 0) is 6.42 Å². The monoisotopic (exact) mass is 792 g/mol. The van der Waals surface area contributed by atoms with Gasteiger partial charge < -0.3 is 15.2 Å². The van der Waals surface area contributed by atoms with Crippen LogP contribution >= 0.6 is 42.4 Å². The van der Waals surface area contributed by atoms with Crippen molar-refractivity contribution < 1.29 is 33.4 Å². The van der Waals surface area contributed by atoms with E-state index in [4.69, 9.17) is 5.73 Å². The minimum atomic E-state index is -3.20. The summed E-state index contributed by atoms with van der Waals surface area (Å²) in [6.07, 6.45) is 0.529. The molecular formula is C34H42BrN4O7PS2. The van der Waals surface area contributed by atoms with Crippen LogP contribution in [0.1, 0.15) is 12.8 Å². The molecule has 0 bridgehead atoms. The van der Waals surface area contributed by atoms with Crippen LogP contribution in [0.25, 0.3) is 0 Å². The number of nitrogens with two attached hydrogens (primary N) is 1. The van der Waals surface area contributed by atoms with Crippen LogP contribution < -0.4 is 37.6 Å². The van der Waals surface area contributed by atoms with Crippen LogP contribution in [-0.2, 0) is 33.4 Å². The van der Waals surface area contributed by atoms with Gasteiger partial charge in [0.05, 0.1) is 14.2 Å². The molecule has 2 atom stereocenters. The zero-order valence-corrected chi connectivity index (χ0v) is 31.5. The second-order valence-electron chi connectivity index (χ2n) is 10.9. The summed E-state index contributed by atoms with van der Waals surface area (Å²) in [5, 5.41) is 8.38. The SMILES string of the molecule is COC(=O)CNC(=O)[C@H](CSSCC(=O)NCCP(Br)(c1ccccc1)(c1ccccc1)c1ccccc1)NC(=O)CC[C@H](N)C(=O)OC. The number of nitrogens with one attached hydrogen (secondary N) is 3. The molecule has 0 heterocycles. The van der Waals surface area contributed by atoms with Gasteiger partial charge in [0.1, 0.15) is 6.04 Å². The van der Waals surface area contributed by atoms with Gasteiger partial charge in [0, 0.05) is 0 Å². The van der Waals surface area contributed by atoms with E-state index in [1.165, 1.54) is 35.8 Å². The van der Waals surface area contributed by atoms with Crippen LogP contribution in [0.5, 0.6) is 0 Å². The average molecular weight is 794 g/mol. The van der Waals surface area contributed by atoms with Crippen LogP contribution in [0.15, 0.2) is 91.0 Å². The van der Waals surface area contributed by atoms with E-state index in [0.717, 1.165) is 15.9 Å². The second-order valence-corrected chi connectivity index (χ2v) is 22.5. The maximum atomic E-state index is 13.0. The van der Waals surface area contributed by atoms with Crippen molar-refractivity contribution in [3.63, 3.8) is 0 Å². The van der Waals surface area contributed by atoms with Crippen molar-refractivity contribution in [1.82, 2.24) is 16.0 Å². The van der Waals surface area contributed by atoms with Crippen LogP contribution in [0, 0.1) is 0 Å². The molecule has 0 saturated carbocycles. The predicted octanol–water partition coefficient (Wildman–Crippen LogP) is 2.38. The number of rotatable bonds is 19. The smallest absolute Gasteiger partial charge is 0.468 e. The summed E-state index contributed by atoms with van der Waals surface area (Å²) in [4.78, 5) is 61.5. The first-order valence-corrected chi connectivity index (χ1v) is 22.3. The van der Waals surface area contributed by atoms with Gasteiger partial charge in [-0.2, -0.15) is 0 Å². The zero-order valence-electron chi connectivity index (χ0n) is 27.3. The molecule has 15 heteroatoms. The Balaban J connectivity index is 1.63. The molecule has 3 rings (SSSR count). The maximum absolute atomic E-state index is 13.0. The van der Waals surface area contributed by atoms with Crippen LogP contribution in [0.2, 0.25) is 0 Å². The summed E-state index contributed by atoms with van der Waals surface area (Å²) in [7, 11) is 4.86. The summed E-state index contributed by atoms with van der Waals surface area (Å²) in [5.41, 5.74) is 5.71. The number of ether oxygens (including phenoxy) is 2. The summed E-state index contributed by atoms with van der Waals surface area (Å²) in [6, 6.07) is 28.9. The predicted molar refractivity (Wildman–Crippen MR) is 203 cm³/mol. The first-order chi connectivity index (χ1) is 23.5. The number of hydrogen-bond acceptors (Lipinski definition) is 10. The minimum Gasteiger partial charge on any atom is -0.468 e. The summed E-state index contributed by atoms with van der Waals surface area (Å²) < 4.78 is 9.14. The number of esters is 2. The van der Waals surface area contributed by atoms with E-state index in [9.17, 15) is 24.0 Å². The van der Waals surface area contributed by atoms with Crippen molar-refractivity contribution in [2.24, 2.45) is 5.73 Å². The summed E-state index contributed by atoms with van der Waals surface area (Å²) in [5.74, 6) is -2.38. The van der Waals surface area contributed by atoms with Gasteiger partial charge in [0.15, 0.2) is 0 Å². The van der Waals surface area contributed by atoms with Gasteiger partial charge in [0.25, 0.3) is 0 Å². The van der Waals surface area contributed by atoms with Gasteiger partial charge in [-0.15, -0.1) is 0 Å². The number of halogens is 1. The molecule has 264 valence electrons. The first kappa shape index (κ1) is 40.0. The number of methoxy groups -OCH3 is 2. The number of carbonyl (C=O) groups is 5. The molecule has 0 aromatic heterocycles. The normalized spacial score (nSPS) is 13.1. The molecule has 0 aliphatic carbocycles. The number of benzene rings is 3. The van der Waals surface area contributed by atoms with E-state index in [-0.39, 0.29) is 36.8 Å². The number of hydrogen-bond donors (Lipinski definition) is 4. The Hall–Kier alpha value is -3.42. The Morgan fingerprint density at radius 3 is 1.80 bits per heavy atom. The molecule has 3 aromatic carbocycles. The van der Waals surface area contributed by atoms with Gasteiger partial charge >= 0.3 is 253 Å². The average Bonchev–Trinajstić information content (AvgIpc) is 3.14.